The van der Waals surface area contributed by atoms with Gasteiger partial charge in [0.2, 0.25) is 0 Å². The zero-order valence-electron chi connectivity index (χ0n) is 11.6. The van der Waals surface area contributed by atoms with Crippen molar-refractivity contribution >= 4 is 22.4 Å². The van der Waals surface area contributed by atoms with Crippen LogP contribution in [0.15, 0.2) is 28.2 Å². The molecule has 2 heterocycles. The highest BCUT2D eigenvalue weighted by atomic mass is 32.1. The average molecular weight is 294 g/mol. The fourth-order valence-corrected chi connectivity index (χ4v) is 2.67. The smallest absolute Gasteiger partial charge is 0.305 e. The second-order valence-electron chi connectivity index (χ2n) is 4.55. The summed E-state index contributed by atoms with van der Waals surface area (Å²) in [6.07, 6.45) is 3.46. The Morgan fingerprint density at radius 1 is 1.60 bits per heavy atom. The summed E-state index contributed by atoms with van der Waals surface area (Å²) in [5, 5.41) is 6.16. The first-order valence-corrected chi connectivity index (χ1v) is 7.35. The molecule has 1 N–H and O–H groups in total. The van der Waals surface area contributed by atoms with E-state index in [9.17, 15) is 4.79 Å². The van der Waals surface area contributed by atoms with Gasteiger partial charge in [-0.25, -0.2) is 4.98 Å². The van der Waals surface area contributed by atoms with Crippen molar-refractivity contribution in [2.45, 2.75) is 32.2 Å². The van der Waals surface area contributed by atoms with Gasteiger partial charge >= 0.3 is 5.97 Å². The third kappa shape index (κ3) is 4.38. The number of aryl methyl sites for hydroxylation is 1. The predicted octanol–water partition coefficient (Wildman–Crippen LogP) is 2.88. The molecule has 0 saturated heterocycles. The van der Waals surface area contributed by atoms with Gasteiger partial charge in [-0.3, -0.25) is 4.79 Å². The van der Waals surface area contributed by atoms with Gasteiger partial charge in [-0.2, -0.15) is 0 Å². The summed E-state index contributed by atoms with van der Waals surface area (Å²) < 4.78 is 9.93. The summed E-state index contributed by atoms with van der Waals surface area (Å²) in [4.78, 5) is 15.5. The van der Waals surface area contributed by atoms with Crippen molar-refractivity contribution < 1.29 is 13.9 Å². The van der Waals surface area contributed by atoms with Crippen molar-refractivity contribution in [1.29, 1.82) is 0 Å². The molecule has 2 aromatic heterocycles. The number of esters is 1. The minimum atomic E-state index is -0.210. The molecule has 2 rings (SSSR count). The lowest BCUT2D eigenvalue weighted by atomic mass is 10.2. The lowest BCUT2D eigenvalue weighted by molar-refractivity contribution is -0.140. The third-order valence-corrected chi connectivity index (χ3v) is 3.64. The van der Waals surface area contributed by atoms with Gasteiger partial charge in [0, 0.05) is 24.3 Å². The number of anilines is 1. The van der Waals surface area contributed by atoms with Crippen molar-refractivity contribution in [1.82, 2.24) is 4.98 Å². The standard InChI is InChI=1S/C14H18N2O3S/c1-10(8-12-4-3-7-19-12)15-14-16-11(9-20-14)5-6-13(17)18-2/h3-4,7,9-10H,5-6,8H2,1-2H3,(H,15,16). The quantitative estimate of drug-likeness (QED) is 0.795. The van der Waals surface area contributed by atoms with Crippen LogP contribution in [0.1, 0.15) is 24.8 Å². The van der Waals surface area contributed by atoms with Crippen LogP contribution in [0, 0.1) is 0 Å². The van der Waals surface area contributed by atoms with Crippen LogP contribution in [-0.4, -0.2) is 24.1 Å². The number of furan rings is 1. The summed E-state index contributed by atoms with van der Waals surface area (Å²) >= 11 is 1.54. The van der Waals surface area contributed by atoms with E-state index in [1.807, 2.05) is 17.5 Å². The number of methoxy groups -OCH3 is 1. The Balaban J connectivity index is 1.81. The van der Waals surface area contributed by atoms with E-state index in [1.165, 1.54) is 7.11 Å². The lowest BCUT2D eigenvalue weighted by Gasteiger charge is -2.10. The Bertz CT molecular complexity index is 536. The minimum Gasteiger partial charge on any atom is -0.469 e. The zero-order valence-corrected chi connectivity index (χ0v) is 12.4. The van der Waals surface area contributed by atoms with E-state index in [2.05, 4.69) is 22.0 Å². The second kappa shape index (κ2) is 7.09. The van der Waals surface area contributed by atoms with Crippen molar-refractivity contribution in [2.24, 2.45) is 0 Å². The SMILES string of the molecule is COC(=O)CCc1csc(NC(C)Cc2ccco2)n1. The fourth-order valence-electron chi connectivity index (χ4n) is 1.81. The molecule has 0 aliphatic rings. The highest BCUT2D eigenvalue weighted by Crippen LogP contribution is 2.18. The summed E-state index contributed by atoms with van der Waals surface area (Å²) in [5.41, 5.74) is 0.910. The molecular formula is C14H18N2O3S. The summed E-state index contributed by atoms with van der Waals surface area (Å²) in [7, 11) is 1.40. The Labute approximate surface area is 122 Å². The van der Waals surface area contributed by atoms with E-state index in [4.69, 9.17) is 4.42 Å². The van der Waals surface area contributed by atoms with E-state index < -0.39 is 0 Å². The maximum atomic E-state index is 11.1. The first kappa shape index (κ1) is 14.6. The van der Waals surface area contributed by atoms with Gasteiger partial charge in [0.05, 0.1) is 25.5 Å². The van der Waals surface area contributed by atoms with Crippen molar-refractivity contribution in [3.05, 3.63) is 35.2 Å². The monoisotopic (exact) mass is 294 g/mol. The number of hydrogen-bond acceptors (Lipinski definition) is 6. The van der Waals surface area contributed by atoms with Gasteiger partial charge in [0.1, 0.15) is 5.76 Å². The Morgan fingerprint density at radius 2 is 2.45 bits per heavy atom. The Hall–Kier alpha value is -1.82. The number of thiazole rings is 1. The summed E-state index contributed by atoms with van der Waals surface area (Å²) in [6, 6.07) is 4.08. The van der Waals surface area contributed by atoms with E-state index in [0.29, 0.717) is 12.8 Å². The highest BCUT2D eigenvalue weighted by Gasteiger charge is 2.09. The molecule has 2 aromatic rings. The van der Waals surface area contributed by atoms with E-state index in [1.54, 1.807) is 17.6 Å². The fraction of sp³-hybridized carbons (Fsp3) is 0.429. The number of nitrogens with zero attached hydrogens (tertiary/aromatic N) is 1. The molecule has 0 spiro atoms. The average Bonchev–Trinajstić information content (AvgIpc) is 3.07. The number of ether oxygens (including phenoxy) is 1. The molecule has 0 bridgehead atoms. The van der Waals surface area contributed by atoms with Crippen LogP contribution in [0.25, 0.3) is 0 Å². The highest BCUT2D eigenvalue weighted by molar-refractivity contribution is 7.13. The van der Waals surface area contributed by atoms with Crippen LogP contribution in [-0.2, 0) is 22.4 Å². The molecular weight excluding hydrogens is 276 g/mol. The van der Waals surface area contributed by atoms with Gasteiger partial charge in [0.25, 0.3) is 0 Å². The van der Waals surface area contributed by atoms with Crippen LogP contribution < -0.4 is 5.32 Å². The predicted molar refractivity (Wildman–Crippen MR) is 77.9 cm³/mol. The number of hydrogen-bond donors (Lipinski definition) is 1. The normalized spacial score (nSPS) is 12.1. The molecule has 0 aliphatic heterocycles. The van der Waals surface area contributed by atoms with Crippen LogP contribution in [0.3, 0.4) is 0 Å². The first-order valence-electron chi connectivity index (χ1n) is 6.47. The van der Waals surface area contributed by atoms with Gasteiger partial charge in [-0.05, 0) is 19.1 Å². The second-order valence-corrected chi connectivity index (χ2v) is 5.41. The first-order chi connectivity index (χ1) is 9.67. The molecule has 0 aromatic carbocycles. The van der Waals surface area contributed by atoms with Crippen molar-refractivity contribution in [3.63, 3.8) is 0 Å². The van der Waals surface area contributed by atoms with Gasteiger partial charge in [-0.15, -0.1) is 11.3 Å². The largest absolute Gasteiger partial charge is 0.469 e. The van der Waals surface area contributed by atoms with Crippen molar-refractivity contribution in [2.75, 3.05) is 12.4 Å². The van der Waals surface area contributed by atoms with E-state index >= 15 is 0 Å². The maximum Gasteiger partial charge on any atom is 0.305 e. The number of rotatable bonds is 7. The Kier molecular flexibility index (Phi) is 5.17. The summed E-state index contributed by atoms with van der Waals surface area (Å²) in [6.45, 7) is 2.08. The molecule has 6 heteroatoms. The van der Waals surface area contributed by atoms with Crippen LogP contribution in [0.4, 0.5) is 5.13 Å². The van der Waals surface area contributed by atoms with E-state index in [0.717, 1.165) is 23.0 Å². The molecule has 1 unspecified atom stereocenters. The van der Waals surface area contributed by atoms with Gasteiger partial charge in [-0.1, -0.05) is 0 Å². The molecule has 108 valence electrons. The third-order valence-electron chi connectivity index (χ3n) is 2.82. The maximum absolute atomic E-state index is 11.1. The van der Waals surface area contributed by atoms with Crippen LogP contribution in [0.2, 0.25) is 0 Å². The van der Waals surface area contributed by atoms with Gasteiger partial charge < -0.3 is 14.5 Å². The topological polar surface area (TPSA) is 64.4 Å². The number of nitrogens with one attached hydrogen (secondary N) is 1. The molecule has 0 saturated carbocycles. The van der Waals surface area contributed by atoms with E-state index in [-0.39, 0.29) is 12.0 Å². The molecule has 1 atom stereocenters. The molecule has 20 heavy (non-hydrogen) atoms. The van der Waals surface area contributed by atoms with Crippen LogP contribution in [0.5, 0.6) is 0 Å². The molecule has 5 nitrogen and oxygen atoms in total. The lowest BCUT2D eigenvalue weighted by Crippen LogP contribution is -2.17. The summed E-state index contributed by atoms with van der Waals surface area (Å²) in [5.74, 6) is 0.742. The van der Waals surface area contributed by atoms with Crippen molar-refractivity contribution in [3.8, 4) is 0 Å². The van der Waals surface area contributed by atoms with Crippen LogP contribution >= 0.6 is 11.3 Å². The zero-order chi connectivity index (χ0) is 14.4. The number of carbonyl (C=O) groups excluding carboxylic acids is 1. The number of carbonyl (C=O) groups is 1. The minimum absolute atomic E-state index is 0.210. The molecule has 0 fully saturated rings. The number of aromatic nitrogens is 1. The molecule has 0 amide bonds. The molecule has 0 radical (unpaired) electrons. The van der Waals surface area contributed by atoms with Gasteiger partial charge in [0.15, 0.2) is 5.13 Å². The molecule has 0 aliphatic carbocycles. The Morgan fingerprint density at radius 3 is 3.15 bits per heavy atom.